The van der Waals surface area contributed by atoms with Crippen LogP contribution in [0.5, 0.6) is 0 Å². The molecule has 2 N–H and O–H groups in total. The molecule has 1 saturated heterocycles. The van der Waals surface area contributed by atoms with E-state index in [-0.39, 0.29) is 30.2 Å². The van der Waals surface area contributed by atoms with Gasteiger partial charge >= 0.3 is 7.12 Å². The minimum absolute atomic E-state index is 0.00642. The molecule has 0 unspecified atom stereocenters. The quantitative estimate of drug-likeness (QED) is 0.439. The van der Waals surface area contributed by atoms with Gasteiger partial charge in [0.15, 0.2) is 28.8 Å². The number of hydrogen-bond acceptors (Lipinski definition) is 7. The SMILES string of the molecule is CC1(C)OB(c2ccc(CNc3ncc(C#N)nc3C(=O)NCCc3ccc(F)c(F)c3)cc2)OC1(C)C. The van der Waals surface area contributed by atoms with Gasteiger partial charge in [-0.3, -0.25) is 4.79 Å². The predicted octanol–water partition coefficient (Wildman–Crippen LogP) is 3.51. The molecule has 0 aliphatic carbocycles. The van der Waals surface area contributed by atoms with Crippen LogP contribution >= 0.6 is 0 Å². The van der Waals surface area contributed by atoms with Crippen LogP contribution in [-0.2, 0) is 22.3 Å². The molecule has 11 heteroatoms. The third-order valence-electron chi connectivity index (χ3n) is 6.75. The van der Waals surface area contributed by atoms with Gasteiger partial charge in [-0.05, 0) is 62.8 Å². The lowest BCUT2D eigenvalue weighted by Crippen LogP contribution is -2.41. The zero-order chi connectivity index (χ0) is 27.5. The summed E-state index contributed by atoms with van der Waals surface area (Å²) in [6.07, 6.45) is 1.56. The van der Waals surface area contributed by atoms with Gasteiger partial charge < -0.3 is 19.9 Å². The third kappa shape index (κ3) is 5.98. The molecule has 0 saturated carbocycles. The molecule has 1 aliphatic heterocycles. The van der Waals surface area contributed by atoms with E-state index in [1.54, 1.807) is 0 Å². The minimum Gasteiger partial charge on any atom is -0.399 e. The number of rotatable bonds is 8. The number of nitrogens with zero attached hydrogens (tertiary/aromatic N) is 3. The van der Waals surface area contributed by atoms with Crippen LogP contribution in [0.4, 0.5) is 14.6 Å². The molecule has 0 spiro atoms. The van der Waals surface area contributed by atoms with Gasteiger partial charge in [0.25, 0.3) is 5.91 Å². The van der Waals surface area contributed by atoms with Crippen molar-refractivity contribution >= 4 is 24.3 Å². The van der Waals surface area contributed by atoms with Crippen LogP contribution in [0.1, 0.15) is 55.0 Å². The van der Waals surface area contributed by atoms with Crippen LogP contribution in [0, 0.1) is 23.0 Å². The van der Waals surface area contributed by atoms with E-state index < -0.39 is 35.9 Å². The molecular weight excluding hydrogens is 491 g/mol. The highest BCUT2D eigenvalue weighted by Crippen LogP contribution is 2.36. The van der Waals surface area contributed by atoms with Crippen molar-refractivity contribution < 1.29 is 22.9 Å². The number of aromatic nitrogens is 2. The first-order valence-corrected chi connectivity index (χ1v) is 12.2. The van der Waals surface area contributed by atoms with E-state index in [0.717, 1.165) is 23.2 Å². The van der Waals surface area contributed by atoms with E-state index >= 15 is 0 Å². The molecule has 3 aromatic rings. The molecule has 2 aromatic carbocycles. The van der Waals surface area contributed by atoms with E-state index in [0.29, 0.717) is 12.1 Å². The molecule has 0 radical (unpaired) electrons. The average Bonchev–Trinajstić information content (AvgIpc) is 3.11. The standard InChI is InChI=1S/C27H28BF2N5O3/c1-26(2)27(3,4)38-28(37-26)19-8-5-18(6-9-19)15-33-24-23(35-20(14-31)16-34-24)25(36)32-12-11-17-7-10-21(29)22(30)13-17/h5-10,13,16H,11-12,15H2,1-4H3,(H,32,36)(H,33,34). The zero-order valence-corrected chi connectivity index (χ0v) is 21.6. The van der Waals surface area contributed by atoms with Crippen molar-refractivity contribution in [2.45, 2.75) is 51.9 Å². The fourth-order valence-electron chi connectivity index (χ4n) is 3.79. The monoisotopic (exact) mass is 519 g/mol. The number of amides is 1. The predicted molar refractivity (Wildman–Crippen MR) is 139 cm³/mol. The molecule has 1 amide bonds. The second-order valence-corrected chi connectivity index (χ2v) is 10.0. The number of anilines is 1. The van der Waals surface area contributed by atoms with Gasteiger partial charge in [0.2, 0.25) is 0 Å². The molecule has 4 rings (SSSR count). The second kappa shape index (κ2) is 10.9. The summed E-state index contributed by atoms with van der Waals surface area (Å²) >= 11 is 0. The molecule has 38 heavy (non-hydrogen) atoms. The van der Waals surface area contributed by atoms with Gasteiger partial charge in [-0.25, -0.2) is 18.7 Å². The molecule has 1 fully saturated rings. The summed E-state index contributed by atoms with van der Waals surface area (Å²) in [6, 6.07) is 13.2. The molecule has 196 valence electrons. The maximum Gasteiger partial charge on any atom is 0.494 e. The summed E-state index contributed by atoms with van der Waals surface area (Å²) in [5, 5.41) is 15.0. The van der Waals surface area contributed by atoms with Gasteiger partial charge in [-0.2, -0.15) is 5.26 Å². The van der Waals surface area contributed by atoms with Gasteiger partial charge in [0.05, 0.1) is 17.4 Å². The fraction of sp³-hybridized carbons (Fsp3) is 0.333. The first kappa shape index (κ1) is 27.2. The summed E-state index contributed by atoms with van der Waals surface area (Å²) in [5.41, 5.74) is 1.43. The maximum atomic E-state index is 13.4. The highest BCUT2D eigenvalue weighted by atomic mass is 19.2. The molecule has 2 heterocycles. The Bertz CT molecular complexity index is 1360. The van der Waals surface area contributed by atoms with Crippen LogP contribution in [-0.4, -0.2) is 40.7 Å². The molecule has 0 bridgehead atoms. The van der Waals surface area contributed by atoms with Crippen LogP contribution in [0.2, 0.25) is 0 Å². The number of nitrogens with one attached hydrogen (secondary N) is 2. The summed E-state index contributed by atoms with van der Waals surface area (Å²) in [7, 11) is -0.465. The Kier molecular flexibility index (Phi) is 7.76. The Morgan fingerprint density at radius 1 is 1.03 bits per heavy atom. The summed E-state index contributed by atoms with van der Waals surface area (Å²) < 4.78 is 38.7. The maximum absolute atomic E-state index is 13.4. The normalized spacial score (nSPS) is 15.7. The first-order chi connectivity index (χ1) is 18.0. The molecular formula is C27H28BF2N5O3. The lowest BCUT2D eigenvalue weighted by molar-refractivity contribution is 0.00578. The number of carbonyl (C=O) groups excluding carboxylic acids is 1. The van der Waals surface area contributed by atoms with Crippen molar-refractivity contribution in [2.75, 3.05) is 11.9 Å². The second-order valence-electron chi connectivity index (χ2n) is 10.0. The third-order valence-corrected chi connectivity index (χ3v) is 6.75. The smallest absolute Gasteiger partial charge is 0.399 e. The van der Waals surface area contributed by atoms with Crippen molar-refractivity contribution in [3.8, 4) is 6.07 Å². The van der Waals surface area contributed by atoms with Crippen molar-refractivity contribution in [1.82, 2.24) is 15.3 Å². The fourth-order valence-corrected chi connectivity index (χ4v) is 3.79. The minimum atomic E-state index is -0.947. The summed E-state index contributed by atoms with van der Waals surface area (Å²) in [6.45, 7) is 8.50. The average molecular weight is 519 g/mol. The zero-order valence-electron chi connectivity index (χ0n) is 21.6. The van der Waals surface area contributed by atoms with E-state index in [1.807, 2.05) is 58.0 Å². The number of benzene rings is 2. The molecule has 1 aromatic heterocycles. The Hall–Kier alpha value is -3.88. The van der Waals surface area contributed by atoms with Crippen molar-refractivity contribution in [3.05, 3.63) is 82.8 Å². The van der Waals surface area contributed by atoms with Gasteiger partial charge in [0, 0.05) is 13.1 Å². The van der Waals surface area contributed by atoms with Crippen molar-refractivity contribution in [3.63, 3.8) is 0 Å². The first-order valence-electron chi connectivity index (χ1n) is 12.2. The van der Waals surface area contributed by atoms with Crippen LogP contribution in [0.3, 0.4) is 0 Å². The lowest BCUT2D eigenvalue weighted by Gasteiger charge is -2.32. The van der Waals surface area contributed by atoms with E-state index in [2.05, 4.69) is 20.6 Å². The van der Waals surface area contributed by atoms with Gasteiger partial charge in [-0.15, -0.1) is 0 Å². The van der Waals surface area contributed by atoms with Crippen LogP contribution < -0.4 is 16.1 Å². The Balaban J connectivity index is 1.39. The molecule has 0 atom stereocenters. The van der Waals surface area contributed by atoms with Crippen LogP contribution in [0.15, 0.2) is 48.7 Å². The van der Waals surface area contributed by atoms with Crippen molar-refractivity contribution in [2.24, 2.45) is 0 Å². The van der Waals surface area contributed by atoms with Crippen LogP contribution in [0.25, 0.3) is 0 Å². The topological polar surface area (TPSA) is 109 Å². The van der Waals surface area contributed by atoms with E-state index in [4.69, 9.17) is 9.31 Å². The van der Waals surface area contributed by atoms with E-state index in [1.165, 1.54) is 12.3 Å². The summed E-state index contributed by atoms with van der Waals surface area (Å²) in [4.78, 5) is 21.1. The largest absolute Gasteiger partial charge is 0.494 e. The molecule has 1 aliphatic rings. The lowest BCUT2D eigenvalue weighted by atomic mass is 9.79. The Morgan fingerprint density at radius 2 is 1.68 bits per heavy atom. The number of nitriles is 1. The summed E-state index contributed by atoms with van der Waals surface area (Å²) in [5.74, 6) is -2.21. The number of carbonyl (C=O) groups is 1. The van der Waals surface area contributed by atoms with Gasteiger partial charge in [-0.1, -0.05) is 30.3 Å². The number of hydrogen-bond donors (Lipinski definition) is 2. The highest BCUT2D eigenvalue weighted by Gasteiger charge is 2.51. The Labute approximate surface area is 220 Å². The number of halogens is 2. The highest BCUT2D eigenvalue weighted by molar-refractivity contribution is 6.62. The van der Waals surface area contributed by atoms with Crippen molar-refractivity contribution in [1.29, 1.82) is 5.26 Å². The Morgan fingerprint density at radius 3 is 2.32 bits per heavy atom. The van der Waals surface area contributed by atoms with E-state index in [9.17, 15) is 18.8 Å². The molecule has 8 nitrogen and oxygen atoms in total. The van der Waals surface area contributed by atoms with Gasteiger partial charge in [0.1, 0.15) is 6.07 Å².